The predicted molar refractivity (Wildman–Crippen MR) is 73.9 cm³/mol. The number of nitrogens with one attached hydrogen (secondary N) is 1. The van der Waals surface area contributed by atoms with Gasteiger partial charge in [-0.1, -0.05) is 23.7 Å². The summed E-state index contributed by atoms with van der Waals surface area (Å²) in [5.41, 5.74) is 6.77. The van der Waals surface area contributed by atoms with Gasteiger partial charge in [0, 0.05) is 10.4 Å². The van der Waals surface area contributed by atoms with Crippen LogP contribution >= 0.6 is 22.9 Å². The molecule has 2 aromatic rings. The molecule has 0 saturated heterocycles. The number of rotatable bonds is 3. The van der Waals surface area contributed by atoms with Crippen molar-refractivity contribution in [3.8, 4) is 0 Å². The lowest BCUT2D eigenvalue weighted by Crippen LogP contribution is -2.26. The molecule has 18 heavy (non-hydrogen) atoms. The summed E-state index contributed by atoms with van der Waals surface area (Å²) in [6.07, 6.45) is 0. The summed E-state index contributed by atoms with van der Waals surface area (Å²) in [6, 6.07) is 7.23. The highest BCUT2D eigenvalue weighted by atomic mass is 35.5. The SMILES string of the molecule is C[C@H](NC(=O)c1csc(N)n1)c1cccc(Cl)c1. The molecule has 3 N–H and O–H groups in total. The molecule has 0 aliphatic rings. The fourth-order valence-corrected chi connectivity index (χ4v) is 2.26. The van der Waals surface area contributed by atoms with E-state index in [1.165, 1.54) is 11.3 Å². The van der Waals surface area contributed by atoms with Crippen LogP contribution in [0.2, 0.25) is 5.02 Å². The van der Waals surface area contributed by atoms with Gasteiger partial charge in [-0.3, -0.25) is 4.79 Å². The van der Waals surface area contributed by atoms with Gasteiger partial charge in [-0.05, 0) is 24.6 Å². The normalized spacial score (nSPS) is 12.1. The molecule has 0 bridgehead atoms. The summed E-state index contributed by atoms with van der Waals surface area (Å²) in [7, 11) is 0. The van der Waals surface area contributed by atoms with Gasteiger partial charge in [0.15, 0.2) is 5.13 Å². The van der Waals surface area contributed by atoms with Gasteiger partial charge in [-0.25, -0.2) is 4.98 Å². The van der Waals surface area contributed by atoms with Crippen LogP contribution in [0, 0.1) is 0 Å². The smallest absolute Gasteiger partial charge is 0.271 e. The molecule has 0 radical (unpaired) electrons. The Hall–Kier alpha value is -1.59. The van der Waals surface area contributed by atoms with Crippen molar-refractivity contribution in [1.29, 1.82) is 0 Å². The van der Waals surface area contributed by atoms with Gasteiger partial charge in [0.25, 0.3) is 5.91 Å². The zero-order valence-corrected chi connectivity index (χ0v) is 11.3. The maximum absolute atomic E-state index is 11.9. The quantitative estimate of drug-likeness (QED) is 0.909. The highest BCUT2D eigenvalue weighted by molar-refractivity contribution is 7.13. The maximum Gasteiger partial charge on any atom is 0.271 e. The molecular weight excluding hydrogens is 270 g/mol. The van der Waals surface area contributed by atoms with Crippen LogP contribution in [0.5, 0.6) is 0 Å². The molecule has 0 fully saturated rings. The Morgan fingerprint density at radius 3 is 2.94 bits per heavy atom. The van der Waals surface area contributed by atoms with Gasteiger partial charge in [0.1, 0.15) is 5.69 Å². The number of amides is 1. The first-order valence-electron chi connectivity index (χ1n) is 5.33. The summed E-state index contributed by atoms with van der Waals surface area (Å²) in [6.45, 7) is 1.89. The van der Waals surface area contributed by atoms with Crippen LogP contribution < -0.4 is 11.1 Å². The number of carbonyl (C=O) groups is 1. The van der Waals surface area contributed by atoms with Crippen LogP contribution in [0.4, 0.5) is 5.13 Å². The molecule has 1 atom stereocenters. The fourth-order valence-electron chi connectivity index (χ4n) is 1.52. The van der Waals surface area contributed by atoms with Crippen molar-refractivity contribution in [1.82, 2.24) is 10.3 Å². The number of hydrogen-bond acceptors (Lipinski definition) is 4. The summed E-state index contributed by atoms with van der Waals surface area (Å²) in [5, 5.41) is 5.51. The minimum absolute atomic E-state index is 0.140. The molecule has 6 heteroatoms. The molecule has 0 saturated carbocycles. The maximum atomic E-state index is 11.9. The molecule has 0 unspecified atom stereocenters. The Balaban J connectivity index is 2.07. The lowest BCUT2D eigenvalue weighted by Gasteiger charge is -2.13. The lowest BCUT2D eigenvalue weighted by molar-refractivity contribution is 0.0935. The molecule has 1 aromatic heterocycles. The van der Waals surface area contributed by atoms with Gasteiger partial charge >= 0.3 is 0 Å². The van der Waals surface area contributed by atoms with Crippen molar-refractivity contribution in [3.63, 3.8) is 0 Å². The lowest BCUT2D eigenvalue weighted by atomic mass is 10.1. The van der Waals surface area contributed by atoms with Crippen LogP contribution in [0.15, 0.2) is 29.6 Å². The van der Waals surface area contributed by atoms with Crippen LogP contribution in [0.3, 0.4) is 0 Å². The third-order valence-corrected chi connectivity index (χ3v) is 3.36. The van der Waals surface area contributed by atoms with E-state index in [4.69, 9.17) is 17.3 Å². The number of benzene rings is 1. The second-order valence-corrected chi connectivity index (χ2v) is 5.15. The van der Waals surface area contributed by atoms with E-state index >= 15 is 0 Å². The first kappa shape index (κ1) is 12.9. The molecule has 0 aliphatic heterocycles. The van der Waals surface area contributed by atoms with Crippen molar-refractivity contribution in [2.45, 2.75) is 13.0 Å². The number of nitrogens with zero attached hydrogens (tertiary/aromatic N) is 1. The predicted octanol–water partition coefficient (Wildman–Crippen LogP) is 2.87. The van der Waals surface area contributed by atoms with E-state index in [9.17, 15) is 4.79 Å². The minimum Gasteiger partial charge on any atom is -0.375 e. The fraction of sp³-hybridized carbons (Fsp3) is 0.167. The number of thiazole rings is 1. The third kappa shape index (κ3) is 3.00. The summed E-state index contributed by atoms with van der Waals surface area (Å²) in [4.78, 5) is 15.8. The van der Waals surface area contributed by atoms with E-state index in [0.29, 0.717) is 15.8 Å². The van der Waals surface area contributed by atoms with Crippen molar-refractivity contribution in [3.05, 3.63) is 45.9 Å². The van der Waals surface area contributed by atoms with Gasteiger partial charge < -0.3 is 11.1 Å². The molecule has 1 amide bonds. The Bertz CT molecular complexity index is 570. The molecule has 2 rings (SSSR count). The van der Waals surface area contributed by atoms with Gasteiger partial charge in [0.05, 0.1) is 6.04 Å². The molecule has 1 aromatic carbocycles. The number of anilines is 1. The first-order chi connectivity index (χ1) is 8.56. The van der Waals surface area contributed by atoms with Crippen molar-refractivity contribution in [2.24, 2.45) is 0 Å². The molecule has 94 valence electrons. The number of carbonyl (C=O) groups excluding carboxylic acids is 1. The van der Waals surface area contributed by atoms with E-state index in [-0.39, 0.29) is 11.9 Å². The number of halogens is 1. The summed E-state index contributed by atoms with van der Waals surface area (Å²) < 4.78 is 0. The third-order valence-electron chi connectivity index (χ3n) is 2.45. The van der Waals surface area contributed by atoms with Crippen molar-refractivity contribution >= 4 is 34.0 Å². The van der Waals surface area contributed by atoms with Crippen LogP contribution in [-0.4, -0.2) is 10.9 Å². The molecule has 0 aliphatic carbocycles. The van der Waals surface area contributed by atoms with E-state index in [2.05, 4.69) is 10.3 Å². The molecule has 4 nitrogen and oxygen atoms in total. The minimum atomic E-state index is -0.240. The van der Waals surface area contributed by atoms with E-state index in [1.807, 2.05) is 25.1 Å². The van der Waals surface area contributed by atoms with Crippen LogP contribution in [0.1, 0.15) is 29.0 Å². The van der Waals surface area contributed by atoms with Crippen molar-refractivity contribution in [2.75, 3.05) is 5.73 Å². The zero-order valence-electron chi connectivity index (χ0n) is 9.68. The Kier molecular flexibility index (Phi) is 3.84. The van der Waals surface area contributed by atoms with E-state index < -0.39 is 0 Å². The second kappa shape index (κ2) is 5.37. The van der Waals surface area contributed by atoms with Crippen LogP contribution in [0.25, 0.3) is 0 Å². The topological polar surface area (TPSA) is 68.0 Å². The van der Waals surface area contributed by atoms with Gasteiger partial charge in [-0.15, -0.1) is 11.3 Å². The number of hydrogen-bond donors (Lipinski definition) is 2. The molecule has 0 spiro atoms. The number of nitrogen functional groups attached to an aromatic ring is 1. The van der Waals surface area contributed by atoms with Gasteiger partial charge in [0.2, 0.25) is 0 Å². The molecular formula is C12H12ClN3OS. The summed E-state index contributed by atoms with van der Waals surface area (Å²) in [5.74, 6) is -0.240. The number of aromatic nitrogens is 1. The highest BCUT2D eigenvalue weighted by Gasteiger charge is 2.14. The van der Waals surface area contributed by atoms with Gasteiger partial charge in [-0.2, -0.15) is 0 Å². The monoisotopic (exact) mass is 281 g/mol. The Morgan fingerprint density at radius 2 is 2.33 bits per heavy atom. The van der Waals surface area contributed by atoms with E-state index in [1.54, 1.807) is 11.4 Å². The average Bonchev–Trinajstić information content (AvgIpc) is 2.76. The van der Waals surface area contributed by atoms with Crippen LogP contribution in [-0.2, 0) is 0 Å². The Labute approximate surface area is 114 Å². The largest absolute Gasteiger partial charge is 0.375 e. The average molecular weight is 282 g/mol. The highest BCUT2D eigenvalue weighted by Crippen LogP contribution is 2.18. The van der Waals surface area contributed by atoms with E-state index in [0.717, 1.165) is 5.56 Å². The zero-order chi connectivity index (χ0) is 13.1. The first-order valence-corrected chi connectivity index (χ1v) is 6.59. The second-order valence-electron chi connectivity index (χ2n) is 3.82. The summed E-state index contributed by atoms with van der Waals surface area (Å²) >= 11 is 7.15. The molecule has 1 heterocycles. The number of nitrogens with two attached hydrogens (primary N) is 1. The van der Waals surface area contributed by atoms with Crippen molar-refractivity contribution < 1.29 is 4.79 Å². The standard InChI is InChI=1S/C12H12ClN3OS/c1-7(8-3-2-4-9(13)5-8)15-11(17)10-6-18-12(14)16-10/h2-7H,1H3,(H2,14,16)(H,15,17)/t7-/m0/s1. The Morgan fingerprint density at radius 1 is 1.56 bits per heavy atom.